The van der Waals surface area contributed by atoms with Crippen molar-refractivity contribution in [3.05, 3.63) is 0 Å². The van der Waals surface area contributed by atoms with Crippen LogP contribution in [-0.4, -0.2) is 37.8 Å². The first-order valence-corrected chi connectivity index (χ1v) is 5.54. The Balaban J connectivity index is 2.43. The molecule has 0 saturated carbocycles. The molecule has 1 heterocycles. The van der Waals surface area contributed by atoms with Crippen LogP contribution in [0.1, 0.15) is 33.6 Å². The Labute approximate surface area is 87.8 Å². The molecule has 1 fully saturated rings. The van der Waals surface area contributed by atoms with Gasteiger partial charge >= 0.3 is 0 Å². The lowest BCUT2D eigenvalue weighted by Gasteiger charge is -2.36. The fourth-order valence-electron chi connectivity index (χ4n) is 1.90. The van der Waals surface area contributed by atoms with E-state index < -0.39 is 0 Å². The molecular weight excluding hydrogens is 176 g/mol. The van der Waals surface area contributed by atoms with Gasteiger partial charge in [0.15, 0.2) is 0 Å². The van der Waals surface area contributed by atoms with Crippen molar-refractivity contribution in [2.75, 3.05) is 26.7 Å². The van der Waals surface area contributed by atoms with Crippen molar-refractivity contribution in [1.82, 2.24) is 10.4 Å². The van der Waals surface area contributed by atoms with E-state index in [2.05, 4.69) is 31.2 Å². The molecule has 1 aliphatic heterocycles. The van der Waals surface area contributed by atoms with Crippen LogP contribution in [0, 0.1) is 5.41 Å². The molecule has 0 aromatic rings. The van der Waals surface area contributed by atoms with Gasteiger partial charge in [0.05, 0.1) is 7.11 Å². The minimum absolute atomic E-state index is 0.306. The van der Waals surface area contributed by atoms with E-state index in [0.29, 0.717) is 11.5 Å². The summed E-state index contributed by atoms with van der Waals surface area (Å²) in [6.07, 6.45) is 2.40. The number of hydrogen-bond donors (Lipinski definition) is 1. The van der Waals surface area contributed by atoms with Crippen LogP contribution in [-0.2, 0) is 4.84 Å². The van der Waals surface area contributed by atoms with Crippen LogP contribution in [0.4, 0.5) is 0 Å². The van der Waals surface area contributed by atoms with E-state index in [1.54, 1.807) is 7.11 Å². The lowest BCUT2D eigenvalue weighted by atomic mass is 9.95. The molecule has 0 unspecified atom stereocenters. The molecule has 0 radical (unpaired) electrons. The van der Waals surface area contributed by atoms with E-state index in [-0.39, 0.29) is 0 Å². The minimum atomic E-state index is 0.306. The molecule has 3 nitrogen and oxygen atoms in total. The Bertz CT molecular complexity index is 159. The number of hydrogen-bond acceptors (Lipinski definition) is 3. The van der Waals surface area contributed by atoms with Crippen LogP contribution in [0.3, 0.4) is 0 Å². The number of nitrogens with zero attached hydrogens (tertiary/aromatic N) is 1. The second-order valence-corrected chi connectivity index (χ2v) is 5.30. The van der Waals surface area contributed by atoms with Crippen LogP contribution >= 0.6 is 0 Å². The van der Waals surface area contributed by atoms with Crippen LogP contribution < -0.4 is 5.32 Å². The van der Waals surface area contributed by atoms with E-state index in [9.17, 15) is 0 Å². The smallest absolute Gasteiger partial charge is 0.0575 e. The largest absolute Gasteiger partial charge is 0.317 e. The maximum absolute atomic E-state index is 5.47. The summed E-state index contributed by atoms with van der Waals surface area (Å²) in [5, 5.41) is 5.53. The van der Waals surface area contributed by atoms with Crippen LogP contribution in [0.25, 0.3) is 0 Å². The maximum atomic E-state index is 5.47. The van der Waals surface area contributed by atoms with Gasteiger partial charge in [-0.3, -0.25) is 0 Å². The number of piperidine rings is 1. The van der Waals surface area contributed by atoms with Gasteiger partial charge in [0.1, 0.15) is 0 Å². The average Bonchev–Trinajstić information content (AvgIpc) is 2.14. The molecule has 84 valence electrons. The minimum Gasteiger partial charge on any atom is -0.317 e. The molecule has 14 heavy (non-hydrogen) atoms. The second kappa shape index (κ2) is 5.10. The average molecular weight is 200 g/mol. The molecule has 1 saturated heterocycles. The molecule has 0 amide bonds. The fraction of sp³-hybridized carbons (Fsp3) is 1.00. The number of nitrogens with one attached hydrogen (secondary N) is 1. The van der Waals surface area contributed by atoms with E-state index >= 15 is 0 Å². The Hall–Kier alpha value is -0.120. The molecule has 1 rings (SSSR count). The highest BCUT2D eigenvalue weighted by molar-refractivity contribution is 4.76. The van der Waals surface area contributed by atoms with E-state index in [0.717, 1.165) is 19.6 Å². The summed E-state index contributed by atoms with van der Waals surface area (Å²) >= 11 is 0. The molecule has 0 bridgehead atoms. The number of rotatable bonds is 3. The Morgan fingerprint density at radius 2 is 1.86 bits per heavy atom. The van der Waals surface area contributed by atoms with E-state index in [4.69, 9.17) is 4.84 Å². The van der Waals surface area contributed by atoms with Gasteiger partial charge in [-0.05, 0) is 31.3 Å². The Morgan fingerprint density at radius 1 is 1.29 bits per heavy atom. The summed E-state index contributed by atoms with van der Waals surface area (Å²) < 4.78 is 0. The van der Waals surface area contributed by atoms with Crippen LogP contribution in [0.5, 0.6) is 0 Å². The summed E-state index contributed by atoms with van der Waals surface area (Å²) in [5.41, 5.74) is 0.306. The van der Waals surface area contributed by atoms with Gasteiger partial charge < -0.3 is 10.2 Å². The fourth-order valence-corrected chi connectivity index (χ4v) is 1.90. The topological polar surface area (TPSA) is 24.5 Å². The second-order valence-electron chi connectivity index (χ2n) is 5.30. The molecule has 1 N–H and O–H groups in total. The zero-order valence-electron chi connectivity index (χ0n) is 9.97. The zero-order chi connectivity index (χ0) is 10.6. The summed E-state index contributed by atoms with van der Waals surface area (Å²) in [7, 11) is 1.79. The van der Waals surface area contributed by atoms with Gasteiger partial charge in [-0.1, -0.05) is 20.8 Å². The summed E-state index contributed by atoms with van der Waals surface area (Å²) in [6, 6.07) is 0.598. The lowest BCUT2D eigenvalue weighted by molar-refractivity contribution is -0.180. The molecule has 0 aliphatic carbocycles. The van der Waals surface area contributed by atoms with Gasteiger partial charge in [-0.2, -0.15) is 5.06 Å². The van der Waals surface area contributed by atoms with Gasteiger partial charge in [-0.25, -0.2) is 0 Å². The third kappa shape index (κ3) is 3.95. The normalized spacial score (nSPS) is 20.4. The Kier molecular flexibility index (Phi) is 4.35. The van der Waals surface area contributed by atoms with E-state index in [1.807, 2.05) is 0 Å². The molecule has 3 heteroatoms. The van der Waals surface area contributed by atoms with E-state index in [1.165, 1.54) is 12.8 Å². The maximum Gasteiger partial charge on any atom is 0.0575 e. The standard InChI is InChI=1S/C11H24N2O/c1-11(2,3)9-13(14-4)10-5-7-12-8-6-10/h10,12H,5-9H2,1-4H3. The first-order chi connectivity index (χ1) is 6.53. The molecule has 0 aromatic carbocycles. The highest BCUT2D eigenvalue weighted by atomic mass is 16.7. The van der Waals surface area contributed by atoms with Gasteiger partial charge in [0.25, 0.3) is 0 Å². The quantitative estimate of drug-likeness (QED) is 0.701. The predicted octanol–water partition coefficient (Wildman–Crippen LogP) is 1.65. The van der Waals surface area contributed by atoms with Crippen molar-refractivity contribution in [3.8, 4) is 0 Å². The Morgan fingerprint density at radius 3 is 2.29 bits per heavy atom. The van der Waals surface area contributed by atoms with Gasteiger partial charge in [0.2, 0.25) is 0 Å². The lowest BCUT2D eigenvalue weighted by Crippen LogP contribution is -2.45. The molecular formula is C11H24N2O. The van der Waals surface area contributed by atoms with Crippen molar-refractivity contribution < 1.29 is 4.84 Å². The predicted molar refractivity (Wildman–Crippen MR) is 59.1 cm³/mol. The zero-order valence-corrected chi connectivity index (χ0v) is 9.97. The van der Waals surface area contributed by atoms with Gasteiger partial charge in [0, 0.05) is 12.6 Å². The molecule has 0 spiro atoms. The summed E-state index contributed by atoms with van der Waals surface area (Å²) in [4.78, 5) is 5.47. The number of hydroxylamine groups is 2. The van der Waals surface area contributed by atoms with Crippen molar-refractivity contribution in [2.24, 2.45) is 5.41 Å². The molecule has 0 aromatic heterocycles. The summed E-state index contributed by atoms with van der Waals surface area (Å²) in [5.74, 6) is 0. The van der Waals surface area contributed by atoms with Crippen molar-refractivity contribution in [2.45, 2.75) is 39.7 Å². The summed E-state index contributed by atoms with van der Waals surface area (Å²) in [6.45, 7) is 10.00. The molecule has 1 aliphatic rings. The monoisotopic (exact) mass is 200 g/mol. The highest BCUT2D eigenvalue weighted by Crippen LogP contribution is 2.20. The van der Waals surface area contributed by atoms with Crippen molar-refractivity contribution >= 4 is 0 Å². The highest BCUT2D eigenvalue weighted by Gasteiger charge is 2.25. The van der Waals surface area contributed by atoms with Crippen LogP contribution in [0.2, 0.25) is 0 Å². The van der Waals surface area contributed by atoms with Crippen molar-refractivity contribution in [1.29, 1.82) is 0 Å². The van der Waals surface area contributed by atoms with Crippen LogP contribution in [0.15, 0.2) is 0 Å². The SMILES string of the molecule is CON(CC(C)(C)C)C1CCNCC1. The first-order valence-electron chi connectivity index (χ1n) is 5.54. The third-order valence-corrected chi connectivity index (χ3v) is 2.58. The first kappa shape index (κ1) is 12.0. The third-order valence-electron chi connectivity index (χ3n) is 2.58. The molecule has 0 atom stereocenters. The van der Waals surface area contributed by atoms with Crippen molar-refractivity contribution in [3.63, 3.8) is 0 Å². The van der Waals surface area contributed by atoms with Gasteiger partial charge in [-0.15, -0.1) is 0 Å².